The smallest absolute Gasteiger partial charge is 0.333 e. The Hall–Kier alpha value is -0.830. The molecule has 0 heterocycles. The Morgan fingerprint density at radius 1 is 1.36 bits per heavy atom. The van der Waals surface area contributed by atoms with Gasteiger partial charge in [0.25, 0.3) is 0 Å². The zero-order valence-electron chi connectivity index (χ0n) is 9.85. The number of unbranched alkanes of at least 4 members (excludes halogenated alkanes) is 2. The molecule has 0 fully saturated rings. The van der Waals surface area contributed by atoms with E-state index in [0.717, 1.165) is 19.3 Å². The molecule has 0 radical (unpaired) electrons. The Morgan fingerprint density at radius 2 is 1.86 bits per heavy atom. The van der Waals surface area contributed by atoms with Crippen LogP contribution in [0.4, 0.5) is 0 Å². The van der Waals surface area contributed by atoms with Crippen molar-refractivity contribution in [2.75, 3.05) is 20.7 Å². The van der Waals surface area contributed by atoms with Crippen molar-refractivity contribution in [3.63, 3.8) is 0 Å². The second-order valence-electron chi connectivity index (χ2n) is 3.12. The molecule has 3 heteroatoms. The van der Waals surface area contributed by atoms with E-state index in [1.165, 1.54) is 0 Å². The molecular weight excluding hydrogens is 178 g/mol. The summed E-state index contributed by atoms with van der Waals surface area (Å²) < 4.78 is 4.87. The maximum Gasteiger partial charge on any atom is 0.333 e. The lowest BCUT2D eigenvalue weighted by molar-refractivity contribution is -0.139. The van der Waals surface area contributed by atoms with Crippen LogP contribution in [0.15, 0.2) is 12.2 Å². The highest BCUT2D eigenvalue weighted by molar-refractivity contribution is 5.86. The molecule has 0 aliphatic rings. The summed E-state index contributed by atoms with van der Waals surface area (Å²) in [5.74, 6) is -0.277. The van der Waals surface area contributed by atoms with Gasteiger partial charge in [0.15, 0.2) is 0 Å². The SMILES string of the molecule is C=C(C)C(=O)OCCCCC.CNC. The minimum absolute atomic E-state index is 0.277. The second kappa shape index (κ2) is 12.2. The van der Waals surface area contributed by atoms with E-state index in [4.69, 9.17) is 4.74 Å². The molecule has 0 saturated heterocycles. The molecule has 0 aromatic carbocycles. The van der Waals surface area contributed by atoms with E-state index in [0.29, 0.717) is 12.2 Å². The first-order chi connectivity index (χ1) is 6.59. The van der Waals surface area contributed by atoms with Gasteiger partial charge in [-0.3, -0.25) is 0 Å². The zero-order valence-corrected chi connectivity index (χ0v) is 9.85. The maximum atomic E-state index is 10.8. The van der Waals surface area contributed by atoms with Crippen molar-refractivity contribution in [2.24, 2.45) is 0 Å². The topological polar surface area (TPSA) is 38.3 Å². The van der Waals surface area contributed by atoms with Gasteiger partial charge < -0.3 is 10.1 Å². The number of esters is 1. The molecule has 0 unspecified atom stereocenters. The van der Waals surface area contributed by atoms with E-state index in [1.54, 1.807) is 6.92 Å². The summed E-state index contributed by atoms with van der Waals surface area (Å²) in [7, 11) is 3.75. The number of hydrogen-bond acceptors (Lipinski definition) is 3. The predicted octanol–water partition coefficient (Wildman–Crippen LogP) is 2.13. The number of ether oxygens (including phenoxy) is 1. The quantitative estimate of drug-likeness (QED) is 0.421. The van der Waals surface area contributed by atoms with Gasteiger partial charge in [-0.25, -0.2) is 4.79 Å². The Bertz CT molecular complexity index is 155. The largest absolute Gasteiger partial charge is 0.462 e. The lowest BCUT2D eigenvalue weighted by Gasteiger charge is -2.02. The van der Waals surface area contributed by atoms with Crippen LogP contribution < -0.4 is 5.32 Å². The molecule has 3 nitrogen and oxygen atoms in total. The van der Waals surface area contributed by atoms with Crippen molar-refractivity contribution in [3.8, 4) is 0 Å². The molecule has 0 atom stereocenters. The van der Waals surface area contributed by atoms with Crippen molar-refractivity contribution >= 4 is 5.97 Å². The summed E-state index contributed by atoms with van der Waals surface area (Å²) in [6, 6.07) is 0. The van der Waals surface area contributed by atoms with Crippen LogP contribution in [0.25, 0.3) is 0 Å². The molecule has 84 valence electrons. The van der Waals surface area contributed by atoms with Crippen LogP contribution in [0.3, 0.4) is 0 Å². The summed E-state index contributed by atoms with van der Waals surface area (Å²) in [6.07, 6.45) is 3.21. The minimum atomic E-state index is -0.277. The third kappa shape index (κ3) is 13.7. The van der Waals surface area contributed by atoms with Crippen LogP contribution in [-0.4, -0.2) is 26.7 Å². The number of carbonyl (C=O) groups is 1. The Balaban J connectivity index is 0. The van der Waals surface area contributed by atoms with E-state index < -0.39 is 0 Å². The van der Waals surface area contributed by atoms with Crippen LogP contribution in [-0.2, 0) is 9.53 Å². The normalized spacial score (nSPS) is 8.57. The summed E-state index contributed by atoms with van der Waals surface area (Å²) >= 11 is 0. The van der Waals surface area contributed by atoms with Gasteiger partial charge in [0.2, 0.25) is 0 Å². The van der Waals surface area contributed by atoms with E-state index >= 15 is 0 Å². The standard InChI is InChI=1S/C9H16O2.C2H7N/c1-4-5-6-7-11-9(10)8(2)3;1-3-2/h2,4-7H2,1,3H3;3H,1-2H3. The summed E-state index contributed by atoms with van der Waals surface area (Å²) in [4.78, 5) is 10.8. The molecule has 1 N–H and O–H groups in total. The van der Waals surface area contributed by atoms with Gasteiger partial charge in [0, 0.05) is 5.57 Å². The molecule has 0 aromatic heterocycles. The molecule has 0 amide bonds. The molecule has 0 aliphatic heterocycles. The molecule has 14 heavy (non-hydrogen) atoms. The molecule has 0 aliphatic carbocycles. The van der Waals surface area contributed by atoms with Crippen molar-refractivity contribution in [1.29, 1.82) is 0 Å². The highest BCUT2D eigenvalue weighted by Crippen LogP contribution is 1.97. The molecule has 0 saturated carbocycles. The van der Waals surface area contributed by atoms with Crippen molar-refractivity contribution in [2.45, 2.75) is 33.1 Å². The van der Waals surface area contributed by atoms with E-state index in [9.17, 15) is 4.79 Å². The summed E-state index contributed by atoms with van der Waals surface area (Å²) in [5, 5.41) is 2.75. The fourth-order valence-corrected chi connectivity index (χ4v) is 0.640. The zero-order chi connectivity index (χ0) is 11.4. The molecular formula is C11H23NO2. The average Bonchev–Trinajstić information content (AvgIpc) is 2.13. The fraction of sp³-hybridized carbons (Fsp3) is 0.727. The van der Waals surface area contributed by atoms with Crippen LogP contribution in [0.2, 0.25) is 0 Å². The number of rotatable bonds is 5. The van der Waals surface area contributed by atoms with Crippen LogP contribution in [0.5, 0.6) is 0 Å². The van der Waals surface area contributed by atoms with Crippen molar-refractivity contribution < 1.29 is 9.53 Å². The minimum Gasteiger partial charge on any atom is -0.462 e. The van der Waals surface area contributed by atoms with Gasteiger partial charge in [-0.2, -0.15) is 0 Å². The Kier molecular flexibility index (Phi) is 13.6. The van der Waals surface area contributed by atoms with Crippen LogP contribution in [0.1, 0.15) is 33.1 Å². The maximum absolute atomic E-state index is 10.8. The highest BCUT2D eigenvalue weighted by atomic mass is 16.5. The predicted molar refractivity (Wildman–Crippen MR) is 60.3 cm³/mol. The molecule has 0 spiro atoms. The summed E-state index contributed by atoms with van der Waals surface area (Å²) in [5.41, 5.74) is 0.474. The van der Waals surface area contributed by atoms with E-state index in [-0.39, 0.29) is 5.97 Å². The van der Waals surface area contributed by atoms with Gasteiger partial charge in [-0.1, -0.05) is 26.3 Å². The highest BCUT2D eigenvalue weighted by Gasteiger charge is 2.00. The monoisotopic (exact) mass is 201 g/mol. The van der Waals surface area contributed by atoms with Crippen LogP contribution >= 0.6 is 0 Å². The van der Waals surface area contributed by atoms with Crippen LogP contribution in [0, 0.1) is 0 Å². The van der Waals surface area contributed by atoms with Gasteiger partial charge in [-0.15, -0.1) is 0 Å². The lowest BCUT2D eigenvalue weighted by Crippen LogP contribution is -2.05. The van der Waals surface area contributed by atoms with Gasteiger partial charge in [-0.05, 0) is 27.4 Å². The third-order valence-corrected chi connectivity index (χ3v) is 1.33. The van der Waals surface area contributed by atoms with Crippen molar-refractivity contribution in [3.05, 3.63) is 12.2 Å². The Labute approximate surface area is 87.5 Å². The lowest BCUT2D eigenvalue weighted by atomic mass is 10.3. The second-order valence-corrected chi connectivity index (χ2v) is 3.12. The summed E-state index contributed by atoms with van der Waals surface area (Å²) in [6.45, 7) is 7.77. The van der Waals surface area contributed by atoms with Crippen molar-refractivity contribution in [1.82, 2.24) is 5.32 Å². The number of hydrogen-bond donors (Lipinski definition) is 1. The van der Waals surface area contributed by atoms with E-state index in [1.807, 2.05) is 14.1 Å². The van der Waals surface area contributed by atoms with Gasteiger partial charge >= 0.3 is 5.97 Å². The fourth-order valence-electron chi connectivity index (χ4n) is 0.640. The van der Waals surface area contributed by atoms with E-state index in [2.05, 4.69) is 18.8 Å². The molecule has 0 bridgehead atoms. The van der Waals surface area contributed by atoms with Gasteiger partial charge in [0.05, 0.1) is 6.61 Å². The molecule has 0 aromatic rings. The first-order valence-corrected chi connectivity index (χ1v) is 5.01. The first kappa shape index (κ1) is 15.6. The first-order valence-electron chi connectivity index (χ1n) is 5.01. The third-order valence-electron chi connectivity index (χ3n) is 1.33. The number of nitrogens with one attached hydrogen (secondary N) is 1. The average molecular weight is 201 g/mol. The Morgan fingerprint density at radius 3 is 2.21 bits per heavy atom. The van der Waals surface area contributed by atoms with Gasteiger partial charge in [0.1, 0.15) is 0 Å². The number of carbonyl (C=O) groups excluding carboxylic acids is 1. The molecule has 0 rings (SSSR count).